The van der Waals surface area contributed by atoms with Crippen molar-refractivity contribution in [2.75, 3.05) is 11.4 Å². The monoisotopic (exact) mass is 362 g/mol. The van der Waals surface area contributed by atoms with Gasteiger partial charge >= 0.3 is 0 Å². The number of amides is 1. The van der Waals surface area contributed by atoms with E-state index in [0.29, 0.717) is 40.6 Å². The molecule has 0 spiro atoms. The number of hydrogen-bond donors (Lipinski definition) is 0. The van der Waals surface area contributed by atoms with Gasteiger partial charge in [0.1, 0.15) is 5.82 Å². The van der Waals surface area contributed by atoms with E-state index in [-0.39, 0.29) is 24.1 Å². The van der Waals surface area contributed by atoms with Crippen LogP contribution in [0.5, 0.6) is 0 Å². The average Bonchev–Trinajstić information content (AvgIpc) is 3.31. The summed E-state index contributed by atoms with van der Waals surface area (Å²) in [6.07, 6.45) is 0.238. The van der Waals surface area contributed by atoms with E-state index in [9.17, 15) is 9.18 Å². The molecule has 1 unspecified atom stereocenters. The lowest BCUT2D eigenvalue weighted by atomic mass is 10.1. The van der Waals surface area contributed by atoms with Crippen LogP contribution < -0.4 is 4.90 Å². The summed E-state index contributed by atoms with van der Waals surface area (Å²) < 4.78 is 19.1. The molecule has 134 valence electrons. The first-order valence-electron chi connectivity index (χ1n) is 8.46. The lowest BCUT2D eigenvalue weighted by Gasteiger charge is -2.18. The van der Waals surface area contributed by atoms with E-state index < -0.39 is 0 Å². The van der Waals surface area contributed by atoms with Crippen LogP contribution in [0.3, 0.4) is 0 Å². The minimum absolute atomic E-state index is 0.0987. The third-order valence-electron chi connectivity index (χ3n) is 4.72. The third kappa shape index (κ3) is 3.06. The third-order valence-corrected chi connectivity index (χ3v) is 4.72. The molecule has 1 aliphatic heterocycles. The highest BCUT2D eigenvalue weighted by Crippen LogP contribution is 2.33. The van der Waals surface area contributed by atoms with Crippen LogP contribution in [0.15, 0.2) is 47.0 Å². The highest BCUT2D eigenvalue weighted by Gasteiger charge is 2.35. The SMILES string of the molecule is Cc1c(F)cccc1N1CC(c2noc(-c3ccc(C#N)cc3)n2)CC1=O. The van der Waals surface area contributed by atoms with Gasteiger partial charge in [-0.25, -0.2) is 4.39 Å². The van der Waals surface area contributed by atoms with Gasteiger partial charge in [-0.2, -0.15) is 10.2 Å². The summed E-state index contributed by atoms with van der Waals surface area (Å²) in [5.41, 5.74) is 2.26. The smallest absolute Gasteiger partial charge is 0.257 e. The van der Waals surface area contributed by atoms with Crippen LogP contribution in [0.1, 0.15) is 29.3 Å². The summed E-state index contributed by atoms with van der Waals surface area (Å²) in [6.45, 7) is 2.03. The van der Waals surface area contributed by atoms with Gasteiger partial charge in [0.25, 0.3) is 5.89 Å². The Bertz CT molecular complexity index is 1050. The van der Waals surface area contributed by atoms with Gasteiger partial charge in [0.05, 0.1) is 11.6 Å². The molecule has 1 amide bonds. The van der Waals surface area contributed by atoms with Crippen molar-refractivity contribution in [1.82, 2.24) is 10.1 Å². The van der Waals surface area contributed by atoms with Crippen molar-refractivity contribution in [1.29, 1.82) is 5.26 Å². The Morgan fingerprint density at radius 1 is 1.26 bits per heavy atom. The molecular formula is C20H15FN4O2. The molecular weight excluding hydrogens is 347 g/mol. The molecule has 1 fully saturated rings. The fourth-order valence-corrected chi connectivity index (χ4v) is 3.21. The first-order chi connectivity index (χ1) is 13.1. The van der Waals surface area contributed by atoms with Crippen LogP contribution in [0.2, 0.25) is 0 Å². The van der Waals surface area contributed by atoms with E-state index in [1.54, 1.807) is 48.2 Å². The maximum absolute atomic E-state index is 13.8. The number of carbonyl (C=O) groups is 1. The highest BCUT2D eigenvalue weighted by atomic mass is 19.1. The molecule has 0 bridgehead atoms. The average molecular weight is 362 g/mol. The van der Waals surface area contributed by atoms with Crippen molar-refractivity contribution in [3.8, 4) is 17.5 Å². The van der Waals surface area contributed by atoms with Gasteiger partial charge in [0.2, 0.25) is 5.91 Å². The van der Waals surface area contributed by atoms with Crippen LogP contribution in [-0.4, -0.2) is 22.6 Å². The van der Waals surface area contributed by atoms with Crippen molar-refractivity contribution >= 4 is 11.6 Å². The molecule has 1 aliphatic rings. The second-order valence-electron chi connectivity index (χ2n) is 6.44. The predicted molar refractivity (Wildman–Crippen MR) is 95.3 cm³/mol. The lowest BCUT2D eigenvalue weighted by Crippen LogP contribution is -2.25. The van der Waals surface area contributed by atoms with Crippen LogP contribution >= 0.6 is 0 Å². The number of aromatic nitrogens is 2. The number of rotatable bonds is 3. The largest absolute Gasteiger partial charge is 0.334 e. The van der Waals surface area contributed by atoms with Crippen molar-refractivity contribution in [2.45, 2.75) is 19.3 Å². The van der Waals surface area contributed by atoms with Gasteiger partial charge in [-0.15, -0.1) is 0 Å². The fourth-order valence-electron chi connectivity index (χ4n) is 3.21. The van der Waals surface area contributed by atoms with E-state index in [1.807, 2.05) is 0 Å². The first kappa shape index (κ1) is 16.9. The van der Waals surface area contributed by atoms with E-state index >= 15 is 0 Å². The first-order valence-corrected chi connectivity index (χ1v) is 8.46. The second kappa shape index (κ2) is 6.65. The topological polar surface area (TPSA) is 83.0 Å². The van der Waals surface area contributed by atoms with Gasteiger partial charge in [0.15, 0.2) is 5.82 Å². The minimum atomic E-state index is -0.341. The summed E-state index contributed by atoms with van der Waals surface area (Å²) in [7, 11) is 0. The molecule has 0 saturated carbocycles. The highest BCUT2D eigenvalue weighted by molar-refractivity contribution is 5.97. The molecule has 2 aromatic carbocycles. The van der Waals surface area contributed by atoms with Gasteiger partial charge < -0.3 is 9.42 Å². The van der Waals surface area contributed by atoms with Crippen molar-refractivity contribution < 1.29 is 13.7 Å². The molecule has 2 heterocycles. The molecule has 1 aromatic heterocycles. The summed E-state index contributed by atoms with van der Waals surface area (Å²) in [6, 6.07) is 13.6. The van der Waals surface area contributed by atoms with Crippen LogP contribution in [0.4, 0.5) is 10.1 Å². The number of nitriles is 1. The number of carbonyl (C=O) groups excluding carboxylic acids is 1. The Morgan fingerprint density at radius 3 is 2.78 bits per heavy atom. The Labute approximate surface area is 154 Å². The summed E-state index contributed by atoms with van der Waals surface area (Å²) in [5.74, 6) is 0.113. The zero-order valence-electron chi connectivity index (χ0n) is 14.5. The number of hydrogen-bond acceptors (Lipinski definition) is 5. The number of benzene rings is 2. The Kier molecular flexibility index (Phi) is 4.16. The number of nitrogens with zero attached hydrogens (tertiary/aromatic N) is 4. The van der Waals surface area contributed by atoms with Crippen molar-refractivity contribution in [3.63, 3.8) is 0 Å². The molecule has 3 aromatic rings. The molecule has 1 saturated heterocycles. The molecule has 6 nitrogen and oxygen atoms in total. The molecule has 0 radical (unpaired) electrons. The standard InChI is InChI=1S/C20H15FN4O2/c1-12-16(21)3-2-4-17(12)25-11-15(9-18(25)26)19-23-20(27-24-19)14-7-5-13(10-22)6-8-14/h2-8,15H,9,11H2,1H3. The van der Waals surface area contributed by atoms with Crippen molar-refractivity contribution in [3.05, 3.63) is 65.2 Å². The number of halogens is 1. The van der Waals surface area contributed by atoms with E-state index in [2.05, 4.69) is 16.2 Å². The number of anilines is 1. The van der Waals surface area contributed by atoms with Gasteiger partial charge in [-0.05, 0) is 43.3 Å². The van der Waals surface area contributed by atoms with Gasteiger partial charge in [0, 0.05) is 35.7 Å². The Morgan fingerprint density at radius 2 is 2.04 bits per heavy atom. The van der Waals surface area contributed by atoms with E-state index in [4.69, 9.17) is 9.78 Å². The molecule has 0 N–H and O–H groups in total. The quantitative estimate of drug-likeness (QED) is 0.711. The normalized spacial score (nSPS) is 16.6. The van der Waals surface area contributed by atoms with E-state index in [1.165, 1.54) is 6.07 Å². The second-order valence-corrected chi connectivity index (χ2v) is 6.44. The van der Waals surface area contributed by atoms with Crippen LogP contribution in [0, 0.1) is 24.1 Å². The zero-order valence-corrected chi connectivity index (χ0v) is 14.5. The molecule has 1 atom stereocenters. The molecule has 27 heavy (non-hydrogen) atoms. The molecule has 7 heteroatoms. The van der Waals surface area contributed by atoms with Gasteiger partial charge in [-0.3, -0.25) is 4.79 Å². The Balaban J connectivity index is 1.57. The Hall–Kier alpha value is -3.53. The summed E-state index contributed by atoms with van der Waals surface area (Å²) in [5, 5.41) is 12.9. The maximum atomic E-state index is 13.8. The fraction of sp³-hybridized carbons (Fsp3) is 0.200. The summed E-state index contributed by atoms with van der Waals surface area (Å²) in [4.78, 5) is 18.4. The van der Waals surface area contributed by atoms with Crippen molar-refractivity contribution in [2.24, 2.45) is 0 Å². The summed E-state index contributed by atoms with van der Waals surface area (Å²) >= 11 is 0. The maximum Gasteiger partial charge on any atom is 0.257 e. The van der Waals surface area contributed by atoms with Crippen LogP contribution in [-0.2, 0) is 4.79 Å². The van der Waals surface area contributed by atoms with Gasteiger partial charge in [-0.1, -0.05) is 11.2 Å². The van der Waals surface area contributed by atoms with E-state index in [0.717, 1.165) is 0 Å². The molecule has 4 rings (SSSR count). The predicted octanol–water partition coefficient (Wildman–Crippen LogP) is 3.58. The van der Waals surface area contributed by atoms with Crippen LogP contribution in [0.25, 0.3) is 11.5 Å². The zero-order chi connectivity index (χ0) is 19.0. The lowest BCUT2D eigenvalue weighted by molar-refractivity contribution is -0.117. The minimum Gasteiger partial charge on any atom is -0.334 e. The molecule has 0 aliphatic carbocycles.